The van der Waals surface area contributed by atoms with Crippen LogP contribution in [0, 0.1) is 5.41 Å². The highest BCUT2D eigenvalue weighted by atomic mass is 35.7. The van der Waals surface area contributed by atoms with Crippen LogP contribution in [-0.2, 0) is 0 Å². The molecule has 68 valence electrons. The second-order valence-corrected chi connectivity index (χ2v) is 8.71. The Morgan fingerprint density at radius 2 is 1.45 bits per heavy atom. The van der Waals surface area contributed by atoms with Gasteiger partial charge in [0.2, 0.25) is 0 Å². The number of rotatable bonds is 2. The van der Waals surface area contributed by atoms with Gasteiger partial charge in [0.1, 0.15) is 0 Å². The maximum atomic E-state index is 6.14. The van der Waals surface area contributed by atoms with Gasteiger partial charge in [-0.05, 0) is 30.9 Å². The lowest BCUT2D eigenvalue weighted by Gasteiger charge is -2.34. The van der Waals surface area contributed by atoms with E-state index in [-0.39, 0.29) is 7.27 Å². The van der Waals surface area contributed by atoms with E-state index in [0.29, 0.717) is 10.6 Å². The van der Waals surface area contributed by atoms with Gasteiger partial charge in [0.15, 0.2) is 0 Å². The Morgan fingerprint density at radius 3 is 1.55 bits per heavy atom. The average molecular weight is 195 g/mol. The summed E-state index contributed by atoms with van der Waals surface area (Å²) >= 11 is 6.14. The molecule has 0 aliphatic heterocycles. The molecule has 1 atom stereocenters. The van der Waals surface area contributed by atoms with E-state index in [1.807, 2.05) is 0 Å². The summed E-state index contributed by atoms with van der Waals surface area (Å²) in [6, 6.07) is 0. The van der Waals surface area contributed by atoms with E-state index < -0.39 is 0 Å². The quantitative estimate of drug-likeness (QED) is 0.569. The molecule has 0 aromatic rings. The van der Waals surface area contributed by atoms with Gasteiger partial charge in [-0.3, -0.25) is 0 Å². The Balaban J connectivity index is 4.13. The fourth-order valence-corrected chi connectivity index (χ4v) is 2.28. The van der Waals surface area contributed by atoms with Crippen LogP contribution in [0.3, 0.4) is 0 Å². The monoisotopic (exact) mass is 194 g/mol. The van der Waals surface area contributed by atoms with Gasteiger partial charge in [0.25, 0.3) is 0 Å². The summed E-state index contributed by atoms with van der Waals surface area (Å²) in [5, 5.41) is 0.315. The van der Waals surface area contributed by atoms with Crippen LogP contribution in [0.4, 0.5) is 0 Å². The highest BCUT2D eigenvalue weighted by molar-refractivity contribution is 7.84. The molecule has 0 aliphatic rings. The minimum Gasteiger partial charge on any atom is -0.0962 e. The van der Waals surface area contributed by atoms with E-state index in [2.05, 4.69) is 41.3 Å². The molecule has 0 rings (SSSR count). The van der Waals surface area contributed by atoms with Gasteiger partial charge in [-0.25, -0.2) is 0 Å². The van der Waals surface area contributed by atoms with Crippen LogP contribution in [0.25, 0.3) is 0 Å². The zero-order chi connectivity index (χ0) is 9.28. The molecule has 0 aromatic carbocycles. The molecule has 0 aliphatic carbocycles. The van der Waals surface area contributed by atoms with Crippen molar-refractivity contribution >= 4 is 18.5 Å². The van der Waals surface area contributed by atoms with Crippen LogP contribution in [-0.4, -0.2) is 11.8 Å². The van der Waals surface area contributed by atoms with Gasteiger partial charge in [-0.2, -0.15) is 0 Å². The maximum absolute atomic E-state index is 6.14. The van der Waals surface area contributed by atoms with E-state index in [1.54, 1.807) is 0 Å². The molecule has 0 N–H and O–H groups in total. The van der Waals surface area contributed by atoms with E-state index in [4.69, 9.17) is 11.2 Å². The van der Waals surface area contributed by atoms with Crippen molar-refractivity contribution in [3.05, 3.63) is 0 Å². The van der Waals surface area contributed by atoms with Gasteiger partial charge in [0.05, 0.1) is 0 Å². The Hall–Kier alpha value is 0.720. The molecular formula is C9H20ClP. The van der Waals surface area contributed by atoms with Gasteiger partial charge >= 0.3 is 0 Å². The van der Waals surface area contributed by atoms with Crippen molar-refractivity contribution in [2.24, 2.45) is 5.41 Å². The molecule has 0 nitrogen and oxygen atoms in total. The molecule has 0 bridgehead atoms. The lowest BCUT2D eigenvalue weighted by molar-refractivity contribution is 0.337. The smallest absolute Gasteiger partial charge is 0.00103 e. The summed E-state index contributed by atoms with van der Waals surface area (Å²) in [6.07, 6.45) is 1.20. The van der Waals surface area contributed by atoms with Gasteiger partial charge < -0.3 is 0 Å². The Morgan fingerprint density at radius 1 is 1.09 bits per heavy atom. The van der Waals surface area contributed by atoms with Crippen LogP contribution < -0.4 is 0 Å². The summed E-state index contributed by atoms with van der Waals surface area (Å²) < 4.78 is 0. The minimum absolute atomic E-state index is 0.315. The summed E-state index contributed by atoms with van der Waals surface area (Å²) in [5.41, 5.74) is 0.398. The van der Waals surface area contributed by atoms with Gasteiger partial charge in [-0.1, -0.05) is 45.9 Å². The summed E-state index contributed by atoms with van der Waals surface area (Å²) in [6.45, 7) is 13.5. The van der Waals surface area contributed by atoms with Gasteiger partial charge in [0, 0.05) is 0 Å². The lowest BCUT2D eigenvalue weighted by atomic mass is 9.86. The molecule has 2 heteroatoms. The van der Waals surface area contributed by atoms with E-state index in [9.17, 15) is 0 Å². The third kappa shape index (κ3) is 5.04. The summed E-state index contributed by atoms with van der Waals surface area (Å²) in [7, 11) is -0.336. The first-order valence-electron chi connectivity index (χ1n) is 4.05. The SMILES string of the molecule is CP(Cl)C(C)(C)CC(C)(C)C. The largest absolute Gasteiger partial charge is 0.0962 e. The van der Waals surface area contributed by atoms with Crippen molar-refractivity contribution in [3.63, 3.8) is 0 Å². The van der Waals surface area contributed by atoms with E-state index in [1.165, 1.54) is 6.42 Å². The molecular weight excluding hydrogens is 175 g/mol. The highest BCUT2D eigenvalue weighted by Gasteiger charge is 2.29. The van der Waals surface area contributed by atoms with Crippen molar-refractivity contribution in [1.82, 2.24) is 0 Å². The minimum atomic E-state index is -0.336. The molecule has 0 aromatic heterocycles. The van der Waals surface area contributed by atoms with E-state index in [0.717, 1.165) is 0 Å². The molecule has 0 saturated heterocycles. The second kappa shape index (κ2) is 3.62. The van der Waals surface area contributed by atoms with Crippen molar-refractivity contribution in [1.29, 1.82) is 0 Å². The van der Waals surface area contributed by atoms with Crippen molar-refractivity contribution in [3.8, 4) is 0 Å². The molecule has 0 amide bonds. The number of halogens is 1. The number of hydrogen-bond acceptors (Lipinski definition) is 0. The first-order valence-corrected chi connectivity index (χ1v) is 6.74. The standard InChI is InChI=1S/C9H20ClP/c1-8(2,3)7-9(4,5)11(6)10/h7H2,1-6H3. The predicted molar refractivity (Wildman–Crippen MR) is 56.8 cm³/mol. The molecule has 1 unspecified atom stereocenters. The highest BCUT2D eigenvalue weighted by Crippen LogP contribution is 2.54. The van der Waals surface area contributed by atoms with Crippen molar-refractivity contribution in [2.75, 3.05) is 6.66 Å². The lowest BCUT2D eigenvalue weighted by Crippen LogP contribution is -2.23. The number of hydrogen-bond donors (Lipinski definition) is 0. The fourth-order valence-electron chi connectivity index (χ4n) is 1.41. The molecule has 0 spiro atoms. The van der Waals surface area contributed by atoms with Crippen molar-refractivity contribution < 1.29 is 0 Å². The maximum Gasteiger partial charge on any atom is -0.00103 e. The van der Waals surface area contributed by atoms with Crippen LogP contribution in [0.15, 0.2) is 0 Å². The topological polar surface area (TPSA) is 0 Å². The molecule has 0 fully saturated rings. The second-order valence-electron chi connectivity index (χ2n) is 5.03. The zero-order valence-electron chi connectivity index (χ0n) is 8.53. The van der Waals surface area contributed by atoms with Crippen LogP contribution in [0.5, 0.6) is 0 Å². The average Bonchev–Trinajstić information content (AvgIpc) is 1.56. The van der Waals surface area contributed by atoms with Crippen LogP contribution in [0.2, 0.25) is 0 Å². The van der Waals surface area contributed by atoms with Crippen LogP contribution >= 0.6 is 18.5 Å². The first-order chi connectivity index (χ1) is 4.65. The Kier molecular flexibility index (Phi) is 3.86. The van der Waals surface area contributed by atoms with Crippen LogP contribution in [0.1, 0.15) is 41.0 Å². The molecule has 0 heterocycles. The third-order valence-corrected chi connectivity index (χ3v) is 5.00. The van der Waals surface area contributed by atoms with Crippen molar-refractivity contribution in [2.45, 2.75) is 46.2 Å². The fraction of sp³-hybridized carbons (Fsp3) is 1.00. The van der Waals surface area contributed by atoms with Gasteiger partial charge in [-0.15, -0.1) is 0 Å². The molecule has 0 saturated carbocycles. The first kappa shape index (κ1) is 11.7. The summed E-state index contributed by atoms with van der Waals surface area (Å²) in [5.74, 6) is 0. The third-order valence-electron chi connectivity index (χ3n) is 1.80. The normalized spacial score (nSPS) is 16.6. The zero-order valence-corrected chi connectivity index (χ0v) is 10.2. The predicted octanol–water partition coefficient (Wildman–Crippen LogP) is 4.47. The van der Waals surface area contributed by atoms with E-state index >= 15 is 0 Å². The summed E-state index contributed by atoms with van der Waals surface area (Å²) in [4.78, 5) is 0. The molecule has 0 radical (unpaired) electrons. The Bertz CT molecular complexity index is 122. The molecule has 11 heavy (non-hydrogen) atoms. The Labute approximate surface area is 77.3 Å².